The standard InChI is InChI=1S/C7H16N2OS/c1-2-3-5-8-9-7(10)4-6-11/h8,11H,2-6H2,1H3,(H,9,10). The maximum atomic E-state index is 10.8. The second-order valence-electron chi connectivity index (χ2n) is 2.30. The smallest absolute Gasteiger partial charge is 0.234 e. The molecule has 0 bridgehead atoms. The van der Waals surface area contributed by atoms with Crippen LogP contribution in [-0.4, -0.2) is 18.2 Å². The molecule has 0 aliphatic rings. The summed E-state index contributed by atoms with van der Waals surface area (Å²) in [7, 11) is 0. The Morgan fingerprint density at radius 2 is 2.27 bits per heavy atom. The third-order valence-electron chi connectivity index (χ3n) is 1.22. The van der Waals surface area contributed by atoms with Crippen LogP contribution in [0.15, 0.2) is 0 Å². The van der Waals surface area contributed by atoms with Crippen LogP contribution < -0.4 is 10.9 Å². The summed E-state index contributed by atoms with van der Waals surface area (Å²) in [6.45, 7) is 2.95. The highest BCUT2D eigenvalue weighted by atomic mass is 32.1. The largest absolute Gasteiger partial charge is 0.292 e. The molecule has 0 heterocycles. The first-order chi connectivity index (χ1) is 5.31. The molecule has 0 aromatic carbocycles. The molecule has 0 aliphatic carbocycles. The average Bonchev–Trinajstić information content (AvgIpc) is 1.99. The Morgan fingerprint density at radius 1 is 1.55 bits per heavy atom. The normalized spacial score (nSPS) is 9.64. The first kappa shape index (κ1) is 10.8. The van der Waals surface area contributed by atoms with E-state index in [1.807, 2.05) is 0 Å². The predicted octanol–water partition coefficient (Wildman–Crippen LogP) is 0.727. The highest BCUT2D eigenvalue weighted by Gasteiger charge is 1.95. The fourth-order valence-corrected chi connectivity index (χ4v) is 0.793. The van der Waals surface area contributed by atoms with E-state index in [2.05, 4.69) is 30.4 Å². The summed E-state index contributed by atoms with van der Waals surface area (Å²) in [5, 5.41) is 0. The maximum Gasteiger partial charge on any atom is 0.234 e. The summed E-state index contributed by atoms with van der Waals surface area (Å²) in [5.41, 5.74) is 5.42. The molecule has 4 heteroatoms. The van der Waals surface area contributed by atoms with Gasteiger partial charge in [0.25, 0.3) is 0 Å². The SMILES string of the molecule is CCCCNNC(=O)CCS. The number of amides is 1. The summed E-state index contributed by atoms with van der Waals surface area (Å²) in [6.07, 6.45) is 2.69. The Hall–Kier alpha value is -0.220. The van der Waals surface area contributed by atoms with Gasteiger partial charge in [0, 0.05) is 13.0 Å². The molecule has 1 amide bonds. The van der Waals surface area contributed by atoms with Crippen LogP contribution in [0.3, 0.4) is 0 Å². The van der Waals surface area contributed by atoms with Crippen LogP contribution in [0.2, 0.25) is 0 Å². The molecule has 0 aromatic rings. The van der Waals surface area contributed by atoms with Crippen molar-refractivity contribution in [2.75, 3.05) is 12.3 Å². The van der Waals surface area contributed by atoms with E-state index in [4.69, 9.17) is 0 Å². The van der Waals surface area contributed by atoms with Crippen molar-refractivity contribution >= 4 is 18.5 Å². The molecule has 11 heavy (non-hydrogen) atoms. The van der Waals surface area contributed by atoms with E-state index in [0.29, 0.717) is 12.2 Å². The van der Waals surface area contributed by atoms with Gasteiger partial charge < -0.3 is 0 Å². The highest BCUT2D eigenvalue weighted by molar-refractivity contribution is 7.80. The Morgan fingerprint density at radius 3 is 2.82 bits per heavy atom. The van der Waals surface area contributed by atoms with E-state index in [-0.39, 0.29) is 5.91 Å². The predicted molar refractivity (Wildman–Crippen MR) is 49.5 cm³/mol. The Balaban J connectivity index is 3.04. The molecule has 0 atom stereocenters. The van der Waals surface area contributed by atoms with E-state index in [9.17, 15) is 4.79 Å². The van der Waals surface area contributed by atoms with Crippen molar-refractivity contribution < 1.29 is 4.79 Å². The molecule has 0 aliphatic heterocycles. The van der Waals surface area contributed by atoms with Crippen LogP contribution in [-0.2, 0) is 4.79 Å². The van der Waals surface area contributed by atoms with Crippen LogP contribution in [0.1, 0.15) is 26.2 Å². The van der Waals surface area contributed by atoms with Gasteiger partial charge in [-0.3, -0.25) is 10.2 Å². The Kier molecular flexibility index (Phi) is 7.72. The zero-order valence-electron chi connectivity index (χ0n) is 6.89. The first-order valence-corrected chi connectivity index (χ1v) is 4.57. The summed E-state index contributed by atoms with van der Waals surface area (Å²) in [5.74, 6) is 0.609. The molecule has 0 radical (unpaired) electrons. The lowest BCUT2D eigenvalue weighted by Gasteiger charge is -2.04. The lowest BCUT2D eigenvalue weighted by molar-refractivity contribution is -0.121. The van der Waals surface area contributed by atoms with Gasteiger partial charge in [-0.2, -0.15) is 12.6 Å². The zero-order chi connectivity index (χ0) is 8.53. The lowest BCUT2D eigenvalue weighted by atomic mass is 10.3. The zero-order valence-corrected chi connectivity index (χ0v) is 7.79. The fourth-order valence-electron chi connectivity index (χ4n) is 0.590. The molecule has 3 nitrogen and oxygen atoms in total. The highest BCUT2D eigenvalue weighted by Crippen LogP contribution is 1.83. The molecular formula is C7H16N2OS. The third kappa shape index (κ3) is 7.68. The van der Waals surface area contributed by atoms with Gasteiger partial charge in [-0.25, -0.2) is 5.43 Å². The molecule has 0 unspecified atom stereocenters. The molecule has 0 fully saturated rings. The number of thiol groups is 1. The minimum Gasteiger partial charge on any atom is -0.292 e. The second kappa shape index (κ2) is 7.88. The number of hydrazine groups is 1. The van der Waals surface area contributed by atoms with Crippen molar-refractivity contribution in [3.63, 3.8) is 0 Å². The quantitative estimate of drug-likeness (QED) is 0.317. The molecule has 0 spiro atoms. The van der Waals surface area contributed by atoms with Crippen molar-refractivity contribution in [2.24, 2.45) is 0 Å². The van der Waals surface area contributed by atoms with E-state index >= 15 is 0 Å². The van der Waals surface area contributed by atoms with E-state index in [1.165, 1.54) is 0 Å². The van der Waals surface area contributed by atoms with Crippen LogP contribution in [0.4, 0.5) is 0 Å². The number of nitrogens with one attached hydrogen (secondary N) is 2. The van der Waals surface area contributed by atoms with Gasteiger partial charge in [-0.1, -0.05) is 13.3 Å². The molecular weight excluding hydrogens is 160 g/mol. The molecule has 2 N–H and O–H groups in total. The Bertz CT molecular complexity index is 109. The van der Waals surface area contributed by atoms with Crippen LogP contribution in [0, 0.1) is 0 Å². The monoisotopic (exact) mass is 176 g/mol. The summed E-state index contributed by atoms with van der Waals surface area (Å²) in [6, 6.07) is 0. The average molecular weight is 176 g/mol. The van der Waals surface area contributed by atoms with Gasteiger partial charge in [0.05, 0.1) is 0 Å². The lowest BCUT2D eigenvalue weighted by Crippen LogP contribution is -2.37. The van der Waals surface area contributed by atoms with Crippen LogP contribution >= 0.6 is 12.6 Å². The molecule has 0 saturated carbocycles. The van der Waals surface area contributed by atoms with Gasteiger partial charge in [0.15, 0.2) is 0 Å². The molecule has 0 aromatic heterocycles. The fraction of sp³-hybridized carbons (Fsp3) is 0.857. The van der Waals surface area contributed by atoms with E-state index in [0.717, 1.165) is 19.4 Å². The van der Waals surface area contributed by atoms with Crippen molar-refractivity contribution in [1.82, 2.24) is 10.9 Å². The molecule has 0 saturated heterocycles. The number of carbonyl (C=O) groups excluding carboxylic acids is 1. The summed E-state index contributed by atoms with van der Waals surface area (Å²) >= 11 is 3.93. The number of carbonyl (C=O) groups is 1. The minimum atomic E-state index is 0.0103. The molecule has 0 rings (SSSR count). The topological polar surface area (TPSA) is 41.1 Å². The second-order valence-corrected chi connectivity index (χ2v) is 2.75. The minimum absolute atomic E-state index is 0.0103. The van der Waals surface area contributed by atoms with Crippen LogP contribution in [0.25, 0.3) is 0 Å². The Labute approximate surface area is 73.3 Å². The van der Waals surface area contributed by atoms with Gasteiger partial charge in [0.1, 0.15) is 0 Å². The summed E-state index contributed by atoms with van der Waals surface area (Å²) in [4.78, 5) is 10.8. The van der Waals surface area contributed by atoms with Crippen molar-refractivity contribution in [2.45, 2.75) is 26.2 Å². The summed E-state index contributed by atoms with van der Waals surface area (Å²) < 4.78 is 0. The number of unbranched alkanes of at least 4 members (excludes halogenated alkanes) is 1. The number of hydrogen-bond donors (Lipinski definition) is 3. The number of rotatable bonds is 6. The van der Waals surface area contributed by atoms with Gasteiger partial charge in [-0.05, 0) is 12.2 Å². The van der Waals surface area contributed by atoms with Crippen LogP contribution in [0.5, 0.6) is 0 Å². The van der Waals surface area contributed by atoms with Gasteiger partial charge >= 0.3 is 0 Å². The number of hydrogen-bond acceptors (Lipinski definition) is 3. The van der Waals surface area contributed by atoms with Crippen molar-refractivity contribution in [1.29, 1.82) is 0 Å². The maximum absolute atomic E-state index is 10.8. The third-order valence-corrected chi connectivity index (χ3v) is 1.45. The van der Waals surface area contributed by atoms with E-state index in [1.54, 1.807) is 0 Å². The van der Waals surface area contributed by atoms with E-state index < -0.39 is 0 Å². The van der Waals surface area contributed by atoms with Gasteiger partial charge in [-0.15, -0.1) is 0 Å². The van der Waals surface area contributed by atoms with Gasteiger partial charge in [0.2, 0.25) is 5.91 Å². The van der Waals surface area contributed by atoms with Crippen molar-refractivity contribution in [3.8, 4) is 0 Å². The van der Waals surface area contributed by atoms with Crippen molar-refractivity contribution in [3.05, 3.63) is 0 Å². The first-order valence-electron chi connectivity index (χ1n) is 3.93. The molecule has 66 valence electrons.